The van der Waals surface area contributed by atoms with Gasteiger partial charge in [-0.1, -0.05) is 0 Å². The van der Waals surface area contributed by atoms with E-state index in [0.29, 0.717) is 35.7 Å². The molecule has 0 bridgehead atoms. The lowest BCUT2D eigenvalue weighted by Gasteiger charge is -2.13. The summed E-state index contributed by atoms with van der Waals surface area (Å²) in [6.07, 6.45) is -3.51. The first-order chi connectivity index (χ1) is 14.6. The van der Waals surface area contributed by atoms with Gasteiger partial charge in [0.25, 0.3) is 5.91 Å². The summed E-state index contributed by atoms with van der Waals surface area (Å²) in [4.78, 5) is 24.9. The zero-order valence-corrected chi connectivity index (χ0v) is 15.5. The molecule has 1 aliphatic heterocycles. The second-order valence-electron chi connectivity index (χ2n) is 6.26. The van der Waals surface area contributed by atoms with Crippen LogP contribution in [0.3, 0.4) is 0 Å². The van der Waals surface area contributed by atoms with E-state index in [2.05, 4.69) is 15.4 Å². The van der Waals surface area contributed by atoms with Crippen LogP contribution in [0.15, 0.2) is 42.6 Å². The normalized spacial score (nSPS) is 13.0. The van der Waals surface area contributed by atoms with Gasteiger partial charge in [0.2, 0.25) is 0 Å². The number of hydrogen-bond acceptors (Lipinski definition) is 4. The van der Waals surface area contributed by atoms with E-state index in [1.54, 1.807) is 29.1 Å². The van der Waals surface area contributed by atoms with Crippen LogP contribution in [0.4, 0.5) is 22.0 Å². The van der Waals surface area contributed by atoms with Crippen LogP contribution in [0.25, 0.3) is 22.5 Å². The molecule has 3 aromatic rings. The topological polar surface area (TPSA) is 97.1 Å². The summed E-state index contributed by atoms with van der Waals surface area (Å²) in [5.41, 5.74) is 2.86. The molecule has 1 aromatic carbocycles. The van der Waals surface area contributed by atoms with Crippen molar-refractivity contribution in [3.8, 4) is 22.5 Å². The number of carboxylic acids is 1. The molecule has 0 saturated carbocycles. The molecule has 3 heterocycles. The van der Waals surface area contributed by atoms with Crippen LogP contribution in [0.5, 0.6) is 0 Å². The molecule has 0 spiro atoms. The Morgan fingerprint density at radius 2 is 1.71 bits per heavy atom. The number of alkyl halides is 3. The highest BCUT2D eigenvalue weighted by molar-refractivity contribution is 5.94. The highest BCUT2D eigenvalue weighted by Crippen LogP contribution is 2.26. The van der Waals surface area contributed by atoms with Gasteiger partial charge in [-0.3, -0.25) is 14.5 Å². The molecule has 4 rings (SSSR count). The smallest absolute Gasteiger partial charge is 0.475 e. The Bertz CT molecular complexity index is 1140. The molecule has 2 aromatic heterocycles. The van der Waals surface area contributed by atoms with Crippen molar-refractivity contribution in [2.45, 2.75) is 12.7 Å². The first-order valence-electron chi connectivity index (χ1n) is 8.64. The lowest BCUT2D eigenvalue weighted by atomic mass is 10.1. The van der Waals surface area contributed by atoms with Crippen LogP contribution >= 0.6 is 0 Å². The van der Waals surface area contributed by atoms with Gasteiger partial charge in [0.1, 0.15) is 5.69 Å². The highest BCUT2D eigenvalue weighted by atomic mass is 19.4. The monoisotopic (exact) mass is 440 g/mol. The number of carbonyl (C=O) groups is 2. The highest BCUT2D eigenvalue weighted by Gasteiger charge is 2.38. The quantitative estimate of drug-likeness (QED) is 0.597. The Morgan fingerprint density at radius 1 is 1.03 bits per heavy atom. The van der Waals surface area contributed by atoms with E-state index < -0.39 is 23.8 Å². The van der Waals surface area contributed by atoms with Crippen molar-refractivity contribution in [1.29, 1.82) is 0 Å². The number of benzene rings is 1. The summed E-state index contributed by atoms with van der Waals surface area (Å²) in [5.74, 6) is -4.74. The Labute approximate surface area is 171 Å². The third kappa shape index (κ3) is 5.02. The maximum atomic E-state index is 13.4. The number of carbonyl (C=O) groups excluding carboxylic acids is 1. The van der Waals surface area contributed by atoms with E-state index in [1.165, 1.54) is 6.07 Å². The van der Waals surface area contributed by atoms with Crippen molar-refractivity contribution in [2.75, 3.05) is 6.54 Å². The Kier molecular flexibility index (Phi) is 5.99. The van der Waals surface area contributed by atoms with E-state index in [9.17, 15) is 26.7 Å². The predicted octanol–water partition coefficient (Wildman–Crippen LogP) is 3.27. The lowest BCUT2D eigenvalue weighted by molar-refractivity contribution is -0.192. The second-order valence-corrected chi connectivity index (χ2v) is 6.26. The number of pyridine rings is 1. The molecule has 0 saturated heterocycles. The molecular formula is C19H13F5N4O3. The van der Waals surface area contributed by atoms with Crippen molar-refractivity contribution < 1.29 is 36.6 Å². The zero-order valence-electron chi connectivity index (χ0n) is 15.5. The Balaban J connectivity index is 0.000000339. The fourth-order valence-electron chi connectivity index (χ4n) is 2.68. The van der Waals surface area contributed by atoms with Crippen LogP contribution in [0.1, 0.15) is 10.5 Å². The van der Waals surface area contributed by atoms with Crippen LogP contribution in [0, 0.1) is 11.6 Å². The average Bonchev–Trinajstić information content (AvgIpc) is 3.16. The van der Waals surface area contributed by atoms with Gasteiger partial charge in [-0.15, -0.1) is 0 Å². The third-order valence-electron chi connectivity index (χ3n) is 4.14. The largest absolute Gasteiger partial charge is 0.490 e. The molecule has 1 aliphatic rings. The van der Waals surface area contributed by atoms with Gasteiger partial charge >= 0.3 is 12.1 Å². The summed E-state index contributed by atoms with van der Waals surface area (Å²) in [6, 6.07) is 8.84. The van der Waals surface area contributed by atoms with Crippen molar-refractivity contribution in [1.82, 2.24) is 20.1 Å². The summed E-state index contributed by atoms with van der Waals surface area (Å²) in [6.45, 7) is 1.16. The molecule has 7 nitrogen and oxygen atoms in total. The Hall–Kier alpha value is -3.83. The number of aromatic nitrogens is 3. The molecule has 0 fully saturated rings. The van der Waals surface area contributed by atoms with Crippen molar-refractivity contribution in [2.24, 2.45) is 0 Å². The minimum Gasteiger partial charge on any atom is -0.475 e. The number of halogens is 5. The number of hydrogen-bond donors (Lipinski definition) is 2. The maximum Gasteiger partial charge on any atom is 0.490 e. The SMILES string of the molecule is O=C(O)C(F)(F)F.O=C1NCCn2nc(-c3ccnc(-c4ccc(F)c(F)c4)c3)cc21. The minimum atomic E-state index is -5.08. The summed E-state index contributed by atoms with van der Waals surface area (Å²) in [5, 5.41) is 14.3. The number of nitrogens with one attached hydrogen (secondary N) is 1. The second kappa shape index (κ2) is 8.50. The van der Waals surface area contributed by atoms with Gasteiger partial charge in [0.05, 0.1) is 17.9 Å². The number of aliphatic carboxylic acids is 1. The van der Waals surface area contributed by atoms with Gasteiger partial charge in [-0.2, -0.15) is 18.3 Å². The maximum absolute atomic E-state index is 13.4. The van der Waals surface area contributed by atoms with E-state index in [-0.39, 0.29) is 5.91 Å². The van der Waals surface area contributed by atoms with E-state index in [4.69, 9.17) is 9.90 Å². The number of rotatable bonds is 2. The van der Waals surface area contributed by atoms with Crippen molar-refractivity contribution in [3.05, 3.63) is 59.9 Å². The molecule has 12 heteroatoms. The molecule has 0 unspecified atom stereocenters. The van der Waals surface area contributed by atoms with Crippen LogP contribution in [-0.2, 0) is 11.3 Å². The van der Waals surface area contributed by atoms with Gasteiger partial charge < -0.3 is 10.4 Å². The first-order valence-corrected chi connectivity index (χ1v) is 8.64. The number of fused-ring (bicyclic) bond motifs is 1. The molecule has 0 radical (unpaired) electrons. The van der Waals surface area contributed by atoms with E-state index in [0.717, 1.165) is 17.7 Å². The lowest BCUT2D eigenvalue weighted by Crippen LogP contribution is -2.35. The van der Waals surface area contributed by atoms with Crippen LogP contribution in [0.2, 0.25) is 0 Å². The minimum absolute atomic E-state index is 0.158. The number of amides is 1. The van der Waals surface area contributed by atoms with Crippen LogP contribution < -0.4 is 5.32 Å². The van der Waals surface area contributed by atoms with E-state index in [1.807, 2.05) is 0 Å². The zero-order chi connectivity index (χ0) is 22.8. The molecule has 162 valence electrons. The number of carboxylic acid groups (broad SMARTS) is 1. The molecule has 0 aliphatic carbocycles. The standard InChI is InChI=1S/C17H12F2N4O.C2HF3O2/c18-12-2-1-10(7-13(12)19)14-8-11(3-4-20-14)15-9-16-17(24)21-5-6-23(16)22-15;3-2(4,5)1(6)7/h1-4,7-9H,5-6H2,(H,21,24);(H,6,7). The predicted molar refractivity (Wildman–Crippen MR) is 96.8 cm³/mol. The van der Waals surface area contributed by atoms with Gasteiger partial charge in [-0.25, -0.2) is 13.6 Å². The molecule has 1 amide bonds. The first kappa shape index (κ1) is 21.9. The fourth-order valence-corrected chi connectivity index (χ4v) is 2.68. The third-order valence-corrected chi connectivity index (χ3v) is 4.14. The molecule has 2 N–H and O–H groups in total. The molecule has 0 atom stereocenters. The summed E-state index contributed by atoms with van der Waals surface area (Å²) in [7, 11) is 0. The summed E-state index contributed by atoms with van der Waals surface area (Å²) >= 11 is 0. The van der Waals surface area contributed by atoms with Crippen molar-refractivity contribution in [3.63, 3.8) is 0 Å². The number of nitrogens with zero attached hydrogens (tertiary/aromatic N) is 3. The Morgan fingerprint density at radius 3 is 2.32 bits per heavy atom. The van der Waals surface area contributed by atoms with Gasteiger partial charge in [-0.05, 0) is 36.4 Å². The van der Waals surface area contributed by atoms with Gasteiger partial charge in [0, 0.05) is 23.9 Å². The molecular weight excluding hydrogens is 427 g/mol. The van der Waals surface area contributed by atoms with Crippen molar-refractivity contribution >= 4 is 11.9 Å². The van der Waals surface area contributed by atoms with Crippen LogP contribution in [-0.4, -0.2) is 44.5 Å². The van der Waals surface area contributed by atoms with E-state index >= 15 is 0 Å². The fraction of sp³-hybridized carbons (Fsp3) is 0.158. The summed E-state index contributed by atoms with van der Waals surface area (Å²) < 4.78 is 59.9. The molecule has 31 heavy (non-hydrogen) atoms. The van der Waals surface area contributed by atoms with Gasteiger partial charge in [0.15, 0.2) is 11.6 Å². The average molecular weight is 440 g/mol.